The number of carbonyl (C=O) groups is 1. The van der Waals surface area contributed by atoms with Crippen LogP contribution in [0.25, 0.3) is 10.9 Å². The molecule has 0 unspecified atom stereocenters. The smallest absolute Gasteiger partial charge is 0.263 e. The highest BCUT2D eigenvalue weighted by molar-refractivity contribution is 5.98. The quantitative estimate of drug-likeness (QED) is 0.443. The van der Waals surface area contributed by atoms with Crippen LogP contribution in [-0.4, -0.2) is 30.6 Å². The van der Waals surface area contributed by atoms with E-state index in [-0.39, 0.29) is 5.57 Å². The molecule has 1 aromatic carbocycles. The van der Waals surface area contributed by atoms with E-state index >= 15 is 0 Å². The lowest BCUT2D eigenvalue weighted by Gasteiger charge is -2.07. The topological polar surface area (TPSA) is 87.0 Å². The Morgan fingerprint density at radius 2 is 2.21 bits per heavy atom. The Labute approximate surface area is 141 Å². The zero-order valence-electron chi connectivity index (χ0n) is 13.6. The highest BCUT2D eigenvalue weighted by Crippen LogP contribution is 2.20. The molecule has 0 spiro atoms. The molecule has 124 valence electrons. The molecule has 2 N–H and O–H groups in total. The summed E-state index contributed by atoms with van der Waals surface area (Å²) in [5.74, 6) is -0.408. The highest BCUT2D eigenvalue weighted by Gasteiger charge is 2.08. The zero-order valence-corrected chi connectivity index (χ0v) is 13.6. The lowest BCUT2D eigenvalue weighted by atomic mass is 10.2. The largest absolute Gasteiger partial charge is 0.382 e. The first-order valence-electron chi connectivity index (χ1n) is 7.82. The molecule has 0 aliphatic carbocycles. The van der Waals surface area contributed by atoms with E-state index < -0.39 is 5.91 Å². The first-order valence-corrected chi connectivity index (χ1v) is 7.82. The number of para-hydroxylation sites is 1. The summed E-state index contributed by atoms with van der Waals surface area (Å²) in [6, 6.07) is 11.4. The fourth-order valence-electron chi connectivity index (χ4n) is 2.13. The number of anilines is 1. The molecular formula is C18H20N4O2. The van der Waals surface area contributed by atoms with Gasteiger partial charge in [0.15, 0.2) is 0 Å². The minimum absolute atomic E-state index is 0.0133. The molecule has 0 atom stereocenters. The van der Waals surface area contributed by atoms with Crippen LogP contribution < -0.4 is 10.6 Å². The second-order valence-corrected chi connectivity index (χ2v) is 5.00. The summed E-state index contributed by atoms with van der Waals surface area (Å²) in [6.45, 7) is 3.62. The maximum absolute atomic E-state index is 12.0. The van der Waals surface area contributed by atoms with Crippen molar-refractivity contribution in [2.75, 3.05) is 25.1 Å². The molecule has 2 aromatic rings. The van der Waals surface area contributed by atoms with Gasteiger partial charge in [-0.15, -0.1) is 0 Å². The Morgan fingerprint density at radius 1 is 1.38 bits per heavy atom. The Balaban J connectivity index is 2.00. The van der Waals surface area contributed by atoms with Gasteiger partial charge in [-0.25, -0.2) is 0 Å². The molecule has 2 rings (SSSR count). The van der Waals surface area contributed by atoms with Gasteiger partial charge < -0.3 is 15.4 Å². The third-order valence-corrected chi connectivity index (χ3v) is 3.32. The Morgan fingerprint density at radius 3 is 3.00 bits per heavy atom. The number of amides is 1. The van der Waals surface area contributed by atoms with E-state index in [0.29, 0.717) is 26.2 Å². The van der Waals surface area contributed by atoms with Gasteiger partial charge in [0.2, 0.25) is 0 Å². The summed E-state index contributed by atoms with van der Waals surface area (Å²) in [5.41, 5.74) is 1.54. The van der Waals surface area contributed by atoms with Crippen LogP contribution >= 0.6 is 0 Å². The van der Waals surface area contributed by atoms with E-state index in [1.54, 1.807) is 6.20 Å². The number of pyridine rings is 1. The predicted molar refractivity (Wildman–Crippen MR) is 93.2 cm³/mol. The number of nitriles is 1. The van der Waals surface area contributed by atoms with E-state index in [2.05, 4.69) is 15.6 Å². The first-order chi connectivity index (χ1) is 11.8. The fourth-order valence-corrected chi connectivity index (χ4v) is 2.13. The van der Waals surface area contributed by atoms with E-state index in [1.807, 2.05) is 43.3 Å². The number of rotatable bonds is 8. The number of nitrogens with one attached hydrogen (secondary N) is 2. The SMILES string of the molecule is CCOCCCNC(=O)/C(C#N)=C\Nc1cccc2cccnc12. The highest BCUT2D eigenvalue weighted by atomic mass is 16.5. The molecule has 0 saturated carbocycles. The molecule has 1 heterocycles. The maximum atomic E-state index is 12.0. The van der Waals surface area contributed by atoms with Crippen LogP contribution in [0.1, 0.15) is 13.3 Å². The number of hydrogen-bond donors (Lipinski definition) is 2. The summed E-state index contributed by atoms with van der Waals surface area (Å²) >= 11 is 0. The summed E-state index contributed by atoms with van der Waals surface area (Å²) in [4.78, 5) is 16.3. The average Bonchev–Trinajstić information content (AvgIpc) is 2.62. The monoisotopic (exact) mass is 324 g/mol. The maximum Gasteiger partial charge on any atom is 0.263 e. The molecule has 0 radical (unpaired) electrons. The summed E-state index contributed by atoms with van der Waals surface area (Å²) in [5, 5.41) is 15.8. The van der Waals surface area contributed by atoms with Crippen molar-refractivity contribution >= 4 is 22.5 Å². The number of aromatic nitrogens is 1. The minimum Gasteiger partial charge on any atom is -0.382 e. The third kappa shape index (κ3) is 4.80. The zero-order chi connectivity index (χ0) is 17.2. The van der Waals surface area contributed by atoms with E-state index in [9.17, 15) is 4.79 Å². The predicted octanol–water partition coefficient (Wildman–Crippen LogP) is 2.60. The summed E-state index contributed by atoms with van der Waals surface area (Å²) in [7, 11) is 0. The molecule has 0 aliphatic rings. The summed E-state index contributed by atoms with van der Waals surface area (Å²) in [6.07, 6.45) is 3.81. The van der Waals surface area contributed by atoms with Crippen LogP contribution in [0.5, 0.6) is 0 Å². The number of carbonyl (C=O) groups excluding carboxylic acids is 1. The van der Waals surface area contributed by atoms with Crippen LogP contribution in [0.3, 0.4) is 0 Å². The summed E-state index contributed by atoms with van der Waals surface area (Å²) < 4.78 is 5.20. The van der Waals surface area contributed by atoms with Crippen molar-refractivity contribution in [1.29, 1.82) is 5.26 Å². The standard InChI is InChI=1S/C18H20N4O2/c1-2-24-11-5-10-21-18(23)15(12-19)13-22-16-8-3-6-14-7-4-9-20-17(14)16/h3-4,6-9,13,22H,2,5,10-11H2,1H3,(H,21,23)/b15-13-. The number of hydrogen-bond acceptors (Lipinski definition) is 5. The van der Waals surface area contributed by atoms with Crippen LogP contribution in [0.2, 0.25) is 0 Å². The molecule has 6 heteroatoms. The van der Waals surface area contributed by atoms with Crippen LogP contribution in [0, 0.1) is 11.3 Å². The lowest BCUT2D eigenvalue weighted by molar-refractivity contribution is -0.117. The van der Waals surface area contributed by atoms with Crippen molar-refractivity contribution in [1.82, 2.24) is 10.3 Å². The first kappa shape index (κ1) is 17.4. The van der Waals surface area contributed by atoms with Crippen LogP contribution in [-0.2, 0) is 9.53 Å². The molecular weight excluding hydrogens is 304 g/mol. The van der Waals surface area contributed by atoms with E-state index in [1.165, 1.54) is 6.20 Å². The fraction of sp³-hybridized carbons (Fsp3) is 0.278. The van der Waals surface area contributed by atoms with Gasteiger partial charge in [-0.05, 0) is 25.5 Å². The van der Waals surface area contributed by atoms with Crippen LogP contribution in [0.4, 0.5) is 5.69 Å². The molecule has 0 saturated heterocycles. The third-order valence-electron chi connectivity index (χ3n) is 3.32. The van der Waals surface area contributed by atoms with Gasteiger partial charge in [-0.2, -0.15) is 5.26 Å². The van der Waals surface area contributed by atoms with Gasteiger partial charge in [-0.1, -0.05) is 18.2 Å². The van der Waals surface area contributed by atoms with Gasteiger partial charge in [0.1, 0.15) is 11.6 Å². The average molecular weight is 324 g/mol. The van der Waals surface area contributed by atoms with Crippen LogP contribution in [0.15, 0.2) is 48.3 Å². The number of ether oxygens (including phenoxy) is 1. The van der Waals surface area contributed by atoms with Crippen molar-refractivity contribution in [3.8, 4) is 6.07 Å². The number of fused-ring (bicyclic) bond motifs is 1. The molecule has 6 nitrogen and oxygen atoms in total. The van der Waals surface area contributed by atoms with Gasteiger partial charge >= 0.3 is 0 Å². The molecule has 24 heavy (non-hydrogen) atoms. The Kier molecular flexibility index (Phi) is 6.74. The molecule has 0 bridgehead atoms. The van der Waals surface area contributed by atoms with Crippen molar-refractivity contribution in [2.45, 2.75) is 13.3 Å². The van der Waals surface area contributed by atoms with E-state index in [0.717, 1.165) is 16.6 Å². The van der Waals surface area contributed by atoms with Gasteiger partial charge in [0.25, 0.3) is 5.91 Å². The van der Waals surface area contributed by atoms with Crippen molar-refractivity contribution in [3.63, 3.8) is 0 Å². The van der Waals surface area contributed by atoms with E-state index in [4.69, 9.17) is 10.00 Å². The molecule has 0 fully saturated rings. The molecule has 0 aliphatic heterocycles. The Bertz CT molecular complexity index is 760. The minimum atomic E-state index is -0.408. The normalized spacial score (nSPS) is 11.1. The molecule has 1 amide bonds. The second kappa shape index (κ2) is 9.28. The Hall–Kier alpha value is -2.91. The van der Waals surface area contributed by atoms with Crippen molar-refractivity contribution < 1.29 is 9.53 Å². The number of benzene rings is 1. The number of nitrogens with zero attached hydrogens (tertiary/aromatic N) is 2. The van der Waals surface area contributed by atoms with Crippen molar-refractivity contribution in [3.05, 3.63) is 48.3 Å². The lowest BCUT2D eigenvalue weighted by Crippen LogP contribution is -2.26. The van der Waals surface area contributed by atoms with Crippen molar-refractivity contribution in [2.24, 2.45) is 0 Å². The van der Waals surface area contributed by atoms with Gasteiger partial charge in [0.05, 0.1) is 11.2 Å². The van der Waals surface area contributed by atoms with Gasteiger partial charge in [-0.3, -0.25) is 9.78 Å². The second-order valence-electron chi connectivity index (χ2n) is 5.00. The molecule has 1 aromatic heterocycles. The van der Waals surface area contributed by atoms with Gasteiger partial charge in [0, 0.05) is 37.5 Å².